The van der Waals surface area contributed by atoms with Crippen LogP contribution in [0.5, 0.6) is 5.75 Å². The van der Waals surface area contributed by atoms with Crippen LogP contribution >= 0.6 is 0 Å². The van der Waals surface area contributed by atoms with E-state index in [9.17, 15) is 9.59 Å². The summed E-state index contributed by atoms with van der Waals surface area (Å²) >= 11 is 0. The van der Waals surface area contributed by atoms with Crippen LogP contribution < -0.4 is 10.1 Å². The van der Waals surface area contributed by atoms with Gasteiger partial charge in [0.15, 0.2) is 6.10 Å². The molecule has 4 aromatic rings. The first kappa shape index (κ1) is 23.6. The summed E-state index contributed by atoms with van der Waals surface area (Å²) in [5, 5.41) is 3.58. The molecule has 1 aliphatic heterocycles. The zero-order valence-corrected chi connectivity index (χ0v) is 20.2. The number of carbonyl (C=O) groups excluding carboxylic acids is 2. The van der Waals surface area contributed by atoms with Crippen molar-refractivity contribution in [1.29, 1.82) is 0 Å². The molecule has 5 rings (SSSR count). The van der Waals surface area contributed by atoms with E-state index < -0.39 is 6.10 Å². The molecule has 1 N–H and O–H groups in total. The molecule has 1 fully saturated rings. The molecule has 7 heteroatoms. The van der Waals surface area contributed by atoms with E-state index in [4.69, 9.17) is 9.15 Å². The SMILES string of the molecule is CC(Oc1ccccc1)C(=O)Nc1c(C(=O)N2CCN(Cc3ccccc3)CC2)oc2ccccc12. The lowest BCUT2D eigenvalue weighted by Gasteiger charge is -2.34. The molecule has 1 unspecified atom stereocenters. The number of piperazine rings is 1. The van der Waals surface area contributed by atoms with Crippen molar-refractivity contribution in [2.45, 2.75) is 19.6 Å². The molecular formula is C29H29N3O4. The van der Waals surface area contributed by atoms with E-state index in [1.165, 1.54) is 5.56 Å². The number of nitrogens with zero attached hydrogens (tertiary/aromatic N) is 2. The normalized spacial score (nSPS) is 15.0. The van der Waals surface area contributed by atoms with Gasteiger partial charge in [-0.05, 0) is 36.8 Å². The number of ether oxygens (including phenoxy) is 1. The monoisotopic (exact) mass is 483 g/mol. The van der Waals surface area contributed by atoms with E-state index in [-0.39, 0.29) is 17.6 Å². The largest absolute Gasteiger partial charge is 0.481 e. The van der Waals surface area contributed by atoms with Crippen LogP contribution in [0, 0.1) is 0 Å². The fraction of sp³-hybridized carbons (Fsp3) is 0.241. The molecule has 2 heterocycles. The highest BCUT2D eigenvalue weighted by Gasteiger charge is 2.30. The second-order valence-electron chi connectivity index (χ2n) is 8.92. The molecule has 2 amide bonds. The molecule has 0 saturated carbocycles. The zero-order chi connectivity index (χ0) is 24.9. The van der Waals surface area contributed by atoms with Crippen molar-refractivity contribution in [1.82, 2.24) is 9.80 Å². The third-order valence-electron chi connectivity index (χ3n) is 6.37. The molecule has 0 spiro atoms. The average molecular weight is 484 g/mol. The van der Waals surface area contributed by atoms with Crippen LogP contribution in [0.3, 0.4) is 0 Å². The van der Waals surface area contributed by atoms with E-state index in [1.54, 1.807) is 30.0 Å². The fourth-order valence-corrected chi connectivity index (χ4v) is 4.40. The van der Waals surface area contributed by atoms with E-state index in [0.717, 1.165) is 19.6 Å². The smallest absolute Gasteiger partial charge is 0.291 e. The molecule has 7 nitrogen and oxygen atoms in total. The van der Waals surface area contributed by atoms with Gasteiger partial charge in [-0.2, -0.15) is 0 Å². The first-order valence-electron chi connectivity index (χ1n) is 12.2. The number of fused-ring (bicyclic) bond motifs is 1. The summed E-state index contributed by atoms with van der Waals surface area (Å²) in [4.78, 5) is 30.7. The van der Waals surface area contributed by atoms with E-state index >= 15 is 0 Å². The Balaban J connectivity index is 1.30. The highest BCUT2D eigenvalue weighted by atomic mass is 16.5. The maximum Gasteiger partial charge on any atom is 0.291 e. The van der Waals surface area contributed by atoms with E-state index in [2.05, 4.69) is 22.3 Å². The van der Waals surface area contributed by atoms with Crippen molar-refractivity contribution in [3.63, 3.8) is 0 Å². The van der Waals surface area contributed by atoms with Gasteiger partial charge in [-0.15, -0.1) is 0 Å². The van der Waals surface area contributed by atoms with Gasteiger partial charge in [0, 0.05) is 38.1 Å². The number of amides is 2. The Morgan fingerprint density at radius 1 is 0.889 bits per heavy atom. The van der Waals surface area contributed by atoms with Gasteiger partial charge in [0.05, 0.1) is 0 Å². The van der Waals surface area contributed by atoms with Crippen molar-refractivity contribution >= 4 is 28.5 Å². The number of anilines is 1. The summed E-state index contributed by atoms with van der Waals surface area (Å²) in [5.41, 5.74) is 2.19. The Kier molecular flexibility index (Phi) is 7.00. The summed E-state index contributed by atoms with van der Waals surface area (Å²) in [6, 6.07) is 26.8. The molecule has 36 heavy (non-hydrogen) atoms. The highest BCUT2D eigenvalue weighted by Crippen LogP contribution is 2.32. The summed E-state index contributed by atoms with van der Waals surface area (Å²) in [7, 11) is 0. The van der Waals surface area contributed by atoms with Crippen LogP contribution in [0.15, 0.2) is 89.3 Å². The average Bonchev–Trinajstić information content (AvgIpc) is 3.28. The predicted octanol–water partition coefficient (Wildman–Crippen LogP) is 4.80. The minimum Gasteiger partial charge on any atom is -0.481 e. The topological polar surface area (TPSA) is 75.0 Å². The van der Waals surface area contributed by atoms with Gasteiger partial charge >= 0.3 is 0 Å². The van der Waals surface area contributed by atoms with Crippen LogP contribution in [-0.2, 0) is 11.3 Å². The lowest BCUT2D eigenvalue weighted by molar-refractivity contribution is -0.122. The summed E-state index contributed by atoms with van der Waals surface area (Å²) < 4.78 is 11.7. The van der Waals surface area contributed by atoms with Gasteiger partial charge < -0.3 is 19.4 Å². The Labute approximate surface area is 210 Å². The van der Waals surface area contributed by atoms with Crippen molar-refractivity contribution in [2.75, 3.05) is 31.5 Å². The summed E-state index contributed by atoms with van der Waals surface area (Å²) in [6.45, 7) is 5.24. The van der Waals surface area contributed by atoms with Crippen LogP contribution in [0.4, 0.5) is 5.69 Å². The molecule has 1 aromatic heterocycles. The van der Waals surface area contributed by atoms with Gasteiger partial charge in [-0.25, -0.2) is 0 Å². The molecule has 0 bridgehead atoms. The van der Waals surface area contributed by atoms with Gasteiger partial charge in [0.25, 0.3) is 11.8 Å². The van der Waals surface area contributed by atoms with Gasteiger partial charge in [0.2, 0.25) is 5.76 Å². The lowest BCUT2D eigenvalue weighted by atomic mass is 10.1. The standard InChI is InChI=1S/C29H29N3O4/c1-21(35-23-12-6-3-7-13-23)28(33)30-26-24-14-8-9-15-25(24)36-27(26)29(34)32-18-16-31(17-19-32)20-22-10-4-2-5-11-22/h2-15,21H,16-20H2,1H3,(H,30,33). The van der Waals surface area contributed by atoms with E-state index in [0.29, 0.717) is 35.5 Å². The first-order valence-corrected chi connectivity index (χ1v) is 12.2. The third-order valence-corrected chi connectivity index (χ3v) is 6.37. The first-order chi connectivity index (χ1) is 17.6. The van der Waals surface area contributed by atoms with Crippen LogP contribution in [0.25, 0.3) is 11.0 Å². The number of rotatable bonds is 7. The molecular weight excluding hydrogens is 454 g/mol. The van der Waals surface area contributed by atoms with Crippen molar-refractivity contribution < 1.29 is 18.7 Å². The Morgan fingerprint density at radius 2 is 1.53 bits per heavy atom. The number of nitrogens with one attached hydrogen (secondary N) is 1. The molecule has 3 aromatic carbocycles. The van der Waals surface area contributed by atoms with Gasteiger partial charge in [-0.3, -0.25) is 14.5 Å². The molecule has 0 radical (unpaired) electrons. The maximum absolute atomic E-state index is 13.5. The second-order valence-corrected chi connectivity index (χ2v) is 8.92. The van der Waals surface area contributed by atoms with Crippen LogP contribution in [-0.4, -0.2) is 53.9 Å². The minimum absolute atomic E-state index is 0.146. The second kappa shape index (κ2) is 10.7. The molecule has 1 saturated heterocycles. The van der Waals surface area contributed by atoms with Crippen molar-refractivity contribution in [2.24, 2.45) is 0 Å². The number of furan rings is 1. The van der Waals surface area contributed by atoms with Crippen molar-refractivity contribution in [3.8, 4) is 5.75 Å². The Hall–Kier alpha value is -4.10. The van der Waals surface area contributed by atoms with Crippen molar-refractivity contribution in [3.05, 3.63) is 96.3 Å². The predicted molar refractivity (Wildman–Crippen MR) is 139 cm³/mol. The number of para-hydroxylation sites is 2. The highest BCUT2D eigenvalue weighted by molar-refractivity contribution is 6.11. The van der Waals surface area contributed by atoms with Gasteiger partial charge in [-0.1, -0.05) is 60.7 Å². The van der Waals surface area contributed by atoms with Gasteiger partial charge in [0.1, 0.15) is 17.0 Å². The molecule has 1 atom stereocenters. The van der Waals surface area contributed by atoms with E-state index in [1.807, 2.05) is 54.6 Å². The molecule has 184 valence electrons. The Morgan fingerprint density at radius 3 is 2.25 bits per heavy atom. The maximum atomic E-state index is 13.5. The molecule has 0 aliphatic carbocycles. The van der Waals surface area contributed by atoms with Crippen LogP contribution in [0.2, 0.25) is 0 Å². The minimum atomic E-state index is -0.759. The fourth-order valence-electron chi connectivity index (χ4n) is 4.40. The quantitative estimate of drug-likeness (QED) is 0.409. The number of benzene rings is 3. The molecule has 1 aliphatic rings. The lowest BCUT2D eigenvalue weighted by Crippen LogP contribution is -2.48. The third kappa shape index (κ3) is 5.26. The number of hydrogen-bond donors (Lipinski definition) is 1. The Bertz CT molecular complexity index is 1330. The zero-order valence-electron chi connectivity index (χ0n) is 20.2. The summed E-state index contributed by atoms with van der Waals surface area (Å²) in [5.74, 6) is 0.166. The summed E-state index contributed by atoms with van der Waals surface area (Å²) in [6.07, 6.45) is -0.759. The number of hydrogen-bond acceptors (Lipinski definition) is 5. The number of carbonyl (C=O) groups is 2. The van der Waals surface area contributed by atoms with Crippen LogP contribution in [0.1, 0.15) is 23.0 Å².